The lowest BCUT2D eigenvalue weighted by Crippen LogP contribution is -2.52. The molecule has 146 valence electrons. The van der Waals surface area contributed by atoms with Crippen molar-refractivity contribution < 1.29 is 14.0 Å². The molecule has 1 atom stereocenters. The average molecular weight is 422 g/mol. The van der Waals surface area contributed by atoms with E-state index >= 15 is 0 Å². The van der Waals surface area contributed by atoms with E-state index in [2.05, 4.69) is 4.90 Å². The fourth-order valence-electron chi connectivity index (χ4n) is 3.74. The molecule has 2 heterocycles. The average Bonchev–Trinajstić information content (AvgIpc) is 2.99. The Bertz CT molecular complexity index is 914. The molecule has 2 fully saturated rings. The molecule has 2 aromatic rings. The second kappa shape index (κ2) is 7.70. The van der Waals surface area contributed by atoms with Crippen molar-refractivity contribution in [1.82, 2.24) is 4.90 Å². The fraction of sp³-hybridized carbons (Fsp3) is 0.300. The standard InChI is InChI=1S/C20H18Cl2FN3O2/c21-16-6-5-15(11-17(16)22)24-7-9-25(10-8-24)18-12-19(27)26(20(18)28)14-3-1-13(23)2-4-14/h1-6,11,18H,7-10,12H2. The van der Waals surface area contributed by atoms with Crippen molar-refractivity contribution in [3.05, 3.63) is 58.3 Å². The van der Waals surface area contributed by atoms with Crippen LogP contribution in [0.15, 0.2) is 42.5 Å². The van der Waals surface area contributed by atoms with Gasteiger partial charge in [-0.25, -0.2) is 9.29 Å². The van der Waals surface area contributed by atoms with E-state index in [4.69, 9.17) is 23.2 Å². The van der Waals surface area contributed by atoms with Crippen LogP contribution in [0.4, 0.5) is 15.8 Å². The second-order valence-electron chi connectivity index (χ2n) is 6.89. The minimum absolute atomic E-state index is 0.142. The third-order valence-electron chi connectivity index (χ3n) is 5.23. The van der Waals surface area contributed by atoms with Crippen LogP contribution in [-0.2, 0) is 9.59 Å². The fourth-order valence-corrected chi connectivity index (χ4v) is 4.03. The zero-order valence-corrected chi connectivity index (χ0v) is 16.5. The quantitative estimate of drug-likeness (QED) is 0.710. The number of hydrogen-bond donors (Lipinski definition) is 0. The highest BCUT2D eigenvalue weighted by atomic mass is 35.5. The lowest BCUT2D eigenvalue weighted by molar-refractivity contribution is -0.123. The SMILES string of the molecule is O=C1CC(N2CCN(c3ccc(Cl)c(Cl)c3)CC2)C(=O)N1c1ccc(F)cc1. The Morgan fingerprint density at radius 3 is 2.14 bits per heavy atom. The highest BCUT2D eigenvalue weighted by Gasteiger charge is 2.43. The Morgan fingerprint density at radius 1 is 0.857 bits per heavy atom. The van der Waals surface area contributed by atoms with Gasteiger partial charge < -0.3 is 4.90 Å². The minimum Gasteiger partial charge on any atom is -0.369 e. The zero-order valence-electron chi connectivity index (χ0n) is 14.9. The van der Waals surface area contributed by atoms with Gasteiger partial charge in [0.25, 0.3) is 5.91 Å². The number of anilines is 2. The van der Waals surface area contributed by atoms with E-state index in [1.807, 2.05) is 17.0 Å². The first-order valence-corrected chi connectivity index (χ1v) is 9.76. The van der Waals surface area contributed by atoms with Gasteiger partial charge in [-0.1, -0.05) is 23.2 Å². The third kappa shape index (κ3) is 3.60. The number of carbonyl (C=O) groups is 2. The van der Waals surface area contributed by atoms with Crippen molar-refractivity contribution >= 4 is 46.4 Å². The predicted molar refractivity (Wildman–Crippen MR) is 108 cm³/mol. The van der Waals surface area contributed by atoms with E-state index in [0.29, 0.717) is 41.9 Å². The summed E-state index contributed by atoms with van der Waals surface area (Å²) in [6.07, 6.45) is 0.142. The normalized spacial score (nSPS) is 20.9. The molecule has 0 aromatic heterocycles. The third-order valence-corrected chi connectivity index (χ3v) is 5.97. The van der Waals surface area contributed by atoms with E-state index in [0.717, 1.165) is 10.6 Å². The molecule has 2 aliphatic rings. The molecule has 1 unspecified atom stereocenters. The summed E-state index contributed by atoms with van der Waals surface area (Å²) in [7, 11) is 0. The topological polar surface area (TPSA) is 43.9 Å². The number of halogens is 3. The molecule has 2 aromatic carbocycles. The molecule has 28 heavy (non-hydrogen) atoms. The summed E-state index contributed by atoms with van der Waals surface area (Å²) >= 11 is 12.1. The van der Waals surface area contributed by atoms with Gasteiger partial charge in [-0.3, -0.25) is 14.5 Å². The van der Waals surface area contributed by atoms with Crippen LogP contribution < -0.4 is 9.80 Å². The number of piperazine rings is 1. The molecule has 4 rings (SSSR count). The Kier molecular flexibility index (Phi) is 5.27. The molecule has 0 radical (unpaired) electrons. The van der Waals surface area contributed by atoms with E-state index in [1.165, 1.54) is 24.3 Å². The molecule has 8 heteroatoms. The van der Waals surface area contributed by atoms with E-state index in [-0.39, 0.29) is 18.2 Å². The molecule has 0 N–H and O–H groups in total. The summed E-state index contributed by atoms with van der Waals surface area (Å²) < 4.78 is 13.1. The first-order chi connectivity index (χ1) is 13.4. The molecule has 5 nitrogen and oxygen atoms in total. The van der Waals surface area contributed by atoms with Crippen molar-refractivity contribution in [1.29, 1.82) is 0 Å². The molecule has 2 amide bonds. The van der Waals surface area contributed by atoms with E-state index in [1.54, 1.807) is 6.07 Å². The molecule has 2 saturated heterocycles. The molecular weight excluding hydrogens is 404 g/mol. The van der Waals surface area contributed by atoms with Crippen molar-refractivity contribution in [2.24, 2.45) is 0 Å². The lowest BCUT2D eigenvalue weighted by atomic mass is 10.1. The summed E-state index contributed by atoms with van der Waals surface area (Å²) in [4.78, 5) is 30.7. The summed E-state index contributed by atoms with van der Waals surface area (Å²) in [5, 5.41) is 1.02. The summed E-state index contributed by atoms with van der Waals surface area (Å²) in [6.45, 7) is 2.74. The lowest BCUT2D eigenvalue weighted by Gasteiger charge is -2.38. The predicted octanol–water partition coefficient (Wildman–Crippen LogP) is 3.59. The van der Waals surface area contributed by atoms with Gasteiger partial charge in [0.2, 0.25) is 5.91 Å². The van der Waals surface area contributed by atoms with Crippen molar-refractivity contribution in [2.75, 3.05) is 36.0 Å². The van der Waals surface area contributed by atoms with Gasteiger partial charge in [-0.05, 0) is 42.5 Å². The van der Waals surface area contributed by atoms with Crippen LogP contribution in [0.1, 0.15) is 6.42 Å². The number of imide groups is 1. The van der Waals surface area contributed by atoms with Crippen molar-refractivity contribution in [3.63, 3.8) is 0 Å². The summed E-state index contributed by atoms with van der Waals surface area (Å²) in [6, 6.07) is 10.5. The molecule has 0 spiro atoms. The van der Waals surface area contributed by atoms with Gasteiger partial charge in [-0.2, -0.15) is 0 Å². The van der Waals surface area contributed by atoms with Crippen LogP contribution >= 0.6 is 23.2 Å². The van der Waals surface area contributed by atoms with Gasteiger partial charge in [0.05, 0.1) is 28.2 Å². The zero-order chi connectivity index (χ0) is 19.8. The van der Waals surface area contributed by atoms with Gasteiger partial charge in [-0.15, -0.1) is 0 Å². The minimum atomic E-state index is -0.478. The molecule has 0 saturated carbocycles. The largest absolute Gasteiger partial charge is 0.369 e. The van der Waals surface area contributed by atoms with Crippen LogP contribution in [0.25, 0.3) is 0 Å². The van der Waals surface area contributed by atoms with Crippen molar-refractivity contribution in [3.8, 4) is 0 Å². The summed E-state index contributed by atoms with van der Waals surface area (Å²) in [5.41, 5.74) is 1.39. The second-order valence-corrected chi connectivity index (χ2v) is 7.70. The first kappa shape index (κ1) is 19.2. The highest BCUT2D eigenvalue weighted by Crippen LogP contribution is 2.30. The maximum absolute atomic E-state index is 13.1. The Morgan fingerprint density at radius 2 is 1.50 bits per heavy atom. The summed E-state index contributed by atoms with van der Waals surface area (Å²) in [5.74, 6) is -0.911. The maximum atomic E-state index is 13.1. The van der Waals surface area contributed by atoms with Gasteiger partial charge >= 0.3 is 0 Å². The Balaban J connectivity index is 1.43. The first-order valence-electron chi connectivity index (χ1n) is 9.00. The number of amides is 2. The highest BCUT2D eigenvalue weighted by molar-refractivity contribution is 6.42. The van der Waals surface area contributed by atoms with E-state index < -0.39 is 11.9 Å². The van der Waals surface area contributed by atoms with Gasteiger partial charge in [0.1, 0.15) is 5.82 Å². The van der Waals surface area contributed by atoms with Crippen LogP contribution in [0.5, 0.6) is 0 Å². The van der Waals surface area contributed by atoms with Crippen molar-refractivity contribution in [2.45, 2.75) is 12.5 Å². The van der Waals surface area contributed by atoms with E-state index in [9.17, 15) is 14.0 Å². The number of rotatable bonds is 3. The molecule has 0 aliphatic carbocycles. The molecule has 2 aliphatic heterocycles. The van der Waals surface area contributed by atoms with Crippen LogP contribution in [0.3, 0.4) is 0 Å². The number of benzene rings is 2. The number of carbonyl (C=O) groups excluding carboxylic acids is 2. The van der Waals surface area contributed by atoms with Gasteiger partial charge in [0.15, 0.2) is 0 Å². The van der Waals surface area contributed by atoms with Crippen LogP contribution in [0, 0.1) is 5.82 Å². The monoisotopic (exact) mass is 421 g/mol. The maximum Gasteiger partial charge on any atom is 0.251 e. The molecular formula is C20H18Cl2FN3O2. The number of nitrogens with zero attached hydrogens (tertiary/aromatic N) is 3. The Hall–Kier alpha value is -2.15. The van der Waals surface area contributed by atoms with Gasteiger partial charge in [0, 0.05) is 31.9 Å². The number of hydrogen-bond acceptors (Lipinski definition) is 4. The Labute approximate surface area is 172 Å². The smallest absolute Gasteiger partial charge is 0.251 e. The van der Waals surface area contributed by atoms with Crippen LogP contribution in [0.2, 0.25) is 10.0 Å². The molecule has 0 bridgehead atoms. The van der Waals surface area contributed by atoms with Crippen LogP contribution in [-0.4, -0.2) is 48.9 Å².